The lowest BCUT2D eigenvalue weighted by Crippen LogP contribution is -2.41. The number of carbonyl (C=O) groups excluding carboxylic acids is 1. The lowest BCUT2D eigenvalue weighted by atomic mass is 10.1. The van der Waals surface area contributed by atoms with Crippen LogP contribution in [-0.4, -0.2) is 61.1 Å². The molecule has 104 valence electrons. The van der Waals surface area contributed by atoms with E-state index in [0.29, 0.717) is 13.0 Å². The third kappa shape index (κ3) is 3.95. The van der Waals surface area contributed by atoms with Crippen molar-refractivity contribution < 1.29 is 9.53 Å². The molecule has 0 amide bonds. The molecule has 0 aromatic carbocycles. The van der Waals surface area contributed by atoms with Gasteiger partial charge in [0, 0.05) is 19.1 Å². The van der Waals surface area contributed by atoms with Crippen molar-refractivity contribution in [3.8, 4) is 0 Å². The fourth-order valence-corrected chi connectivity index (χ4v) is 3.08. The number of hydrogen-bond donors (Lipinski definition) is 0. The number of likely N-dealkylation sites (tertiary alicyclic amines) is 2. The first kappa shape index (κ1) is 13.8. The van der Waals surface area contributed by atoms with Gasteiger partial charge in [0.1, 0.15) is 0 Å². The van der Waals surface area contributed by atoms with Gasteiger partial charge in [-0.15, -0.1) is 0 Å². The van der Waals surface area contributed by atoms with Crippen molar-refractivity contribution in [2.24, 2.45) is 0 Å². The highest BCUT2D eigenvalue weighted by Gasteiger charge is 2.28. The normalized spacial score (nSPS) is 26.4. The number of ether oxygens (including phenoxy) is 1. The van der Waals surface area contributed by atoms with Gasteiger partial charge in [0.2, 0.25) is 0 Å². The maximum absolute atomic E-state index is 11.3. The van der Waals surface area contributed by atoms with Gasteiger partial charge >= 0.3 is 5.97 Å². The van der Waals surface area contributed by atoms with E-state index in [1.807, 2.05) is 6.92 Å². The van der Waals surface area contributed by atoms with Crippen LogP contribution in [0, 0.1) is 0 Å². The highest BCUT2D eigenvalue weighted by atomic mass is 16.5. The van der Waals surface area contributed by atoms with Crippen molar-refractivity contribution in [1.29, 1.82) is 0 Å². The third-order valence-corrected chi connectivity index (χ3v) is 4.09. The number of nitrogens with zero attached hydrogens (tertiary/aromatic N) is 2. The first-order valence-corrected chi connectivity index (χ1v) is 7.41. The Labute approximate surface area is 110 Å². The fraction of sp³-hybridized carbons (Fsp3) is 0.929. The van der Waals surface area contributed by atoms with Crippen molar-refractivity contribution >= 4 is 5.97 Å². The summed E-state index contributed by atoms with van der Waals surface area (Å²) in [6.45, 7) is 8.05. The van der Waals surface area contributed by atoms with Crippen LogP contribution in [0.1, 0.15) is 39.0 Å². The highest BCUT2D eigenvalue weighted by molar-refractivity contribution is 5.69. The van der Waals surface area contributed by atoms with Crippen LogP contribution in [0.25, 0.3) is 0 Å². The zero-order valence-electron chi connectivity index (χ0n) is 11.6. The van der Waals surface area contributed by atoms with E-state index in [4.69, 9.17) is 4.74 Å². The monoisotopic (exact) mass is 254 g/mol. The summed E-state index contributed by atoms with van der Waals surface area (Å²) in [6, 6.07) is 0.729. The Morgan fingerprint density at radius 3 is 2.72 bits per heavy atom. The molecule has 1 unspecified atom stereocenters. The minimum Gasteiger partial charge on any atom is -0.466 e. The van der Waals surface area contributed by atoms with Crippen molar-refractivity contribution in [3.63, 3.8) is 0 Å². The Bertz CT molecular complexity index is 265. The molecule has 2 fully saturated rings. The molecule has 1 atom stereocenters. The lowest BCUT2D eigenvalue weighted by Gasteiger charge is -2.32. The summed E-state index contributed by atoms with van der Waals surface area (Å²) >= 11 is 0. The van der Waals surface area contributed by atoms with Gasteiger partial charge in [-0.25, -0.2) is 0 Å². The predicted octanol–water partition coefficient (Wildman–Crippen LogP) is 1.50. The zero-order valence-corrected chi connectivity index (χ0v) is 11.6. The molecule has 0 aromatic heterocycles. The first-order chi connectivity index (χ1) is 8.79. The number of rotatable bonds is 5. The van der Waals surface area contributed by atoms with Crippen LogP contribution in [0.4, 0.5) is 0 Å². The van der Waals surface area contributed by atoms with Crippen LogP contribution in [-0.2, 0) is 9.53 Å². The molecule has 2 aliphatic rings. The molecule has 0 bridgehead atoms. The lowest BCUT2D eigenvalue weighted by molar-refractivity contribution is -0.143. The second kappa shape index (κ2) is 7.10. The maximum atomic E-state index is 11.3. The Hall–Kier alpha value is -0.610. The molecule has 2 heterocycles. The molecule has 4 nitrogen and oxygen atoms in total. The van der Waals surface area contributed by atoms with Gasteiger partial charge in [0.25, 0.3) is 0 Å². The standard InChI is InChI=1S/C14H26N2O2/c1-2-18-14(17)7-11-15-10-6-13(12-15)16-8-4-3-5-9-16/h13H,2-12H2,1H3. The van der Waals surface area contributed by atoms with Crippen LogP contribution in [0.2, 0.25) is 0 Å². The smallest absolute Gasteiger partial charge is 0.307 e. The van der Waals surface area contributed by atoms with Gasteiger partial charge in [-0.05, 0) is 45.8 Å². The quantitative estimate of drug-likeness (QED) is 0.696. The van der Waals surface area contributed by atoms with E-state index in [-0.39, 0.29) is 5.97 Å². The molecular formula is C14H26N2O2. The van der Waals surface area contributed by atoms with E-state index in [9.17, 15) is 4.79 Å². The van der Waals surface area contributed by atoms with E-state index >= 15 is 0 Å². The maximum Gasteiger partial charge on any atom is 0.307 e. The van der Waals surface area contributed by atoms with Gasteiger partial charge in [-0.2, -0.15) is 0 Å². The average molecular weight is 254 g/mol. The minimum atomic E-state index is -0.0566. The molecule has 2 saturated heterocycles. The van der Waals surface area contributed by atoms with Crippen LogP contribution < -0.4 is 0 Å². The van der Waals surface area contributed by atoms with Gasteiger partial charge in [-0.1, -0.05) is 6.42 Å². The molecule has 0 aliphatic carbocycles. The number of hydrogen-bond acceptors (Lipinski definition) is 4. The van der Waals surface area contributed by atoms with E-state index in [1.54, 1.807) is 0 Å². The summed E-state index contributed by atoms with van der Waals surface area (Å²) in [5, 5.41) is 0. The Kier molecular flexibility index (Phi) is 5.45. The molecule has 0 spiro atoms. The Morgan fingerprint density at radius 2 is 2.00 bits per heavy atom. The Balaban J connectivity index is 1.66. The summed E-state index contributed by atoms with van der Waals surface area (Å²) in [5.74, 6) is -0.0566. The molecule has 0 aromatic rings. The highest BCUT2D eigenvalue weighted by Crippen LogP contribution is 2.20. The summed E-state index contributed by atoms with van der Waals surface area (Å²) in [6.07, 6.45) is 5.93. The molecule has 2 rings (SSSR count). The average Bonchev–Trinajstić information content (AvgIpc) is 2.87. The van der Waals surface area contributed by atoms with E-state index < -0.39 is 0 Å². The summed E-state index contributed by atoms with van der Waals surface area (Å²) in [4.78, 5) is 16.4. The van der Waals surface area contributed by atoms with Crippen molar-refractivity contribution in [2.75, 3.05) is 39.3 Å². The minimum absolute atomic E-state index is 0.0566. The van der Waals surface area contributed by atoms with Crippen LogP contribution in [0.5, 0.6) is 0 Å². The van der Waals surface area contributed by atoms with Crippen LogP contribution in [0.15, 0.2) is 0 Å². The predicted molar refractivity (Wildman–Crippen MR) is 71.5 cm³/mol. The molecule has 0 saturated carbocycles. The molecule has 0 radical (unpaired) electrons. The zero-order chi connectivity index (χ0) is 12.8. The second-order valence-corrected chi connectivity index (χ2v) is 5.39. The summed E-state index contributed by atoms with van der Waals surface area (Å²) in [5.41, 5.74) is 0. The molecular weight excluding hydrogens is 228 g/mol. The SMILES string of the molecule is CCOC(=O)CCN1CCC(N2CCCCC2)C1. The summed E-state index contributed by atoms with van der Waals surface area (Å²) < 4.78 is 4.97. The molecule has 4 heteroatoms. The van der Waals surface area contributed by atoms with Crippen molar-refractivity contribution in [3.05, 3.63) is 0 Å². The van der Waals surface area contributed by atoms with E-state index in [2.05, 4.69) is 9.80 Å². The van der Waals surface area contributed by atoms with E-state index in [1.165, 1.54) is 38.8 Å². The Morgan fingerprint density at radius 1 is 1.22 bits per heavy atom. The topological polar surface area (TPSA) is 32.8 Å². The molecule has 2 aliphatic heterocycles. The second-order valence-electron chi connectivity index (χ2n) is 5.39. The van der Waals surface area contributed by atoms with Gasteiger partial charge in [0.15, 0.2) is 0 Å². The van der Waals surface area contributed by atoms with E-state index in [0.717, 1.165) is 25.7 Å². The summed E-state index contributed by atoms with van der Waals surface area (Å²) in [7, 11) is 0. The van der Waals surface area contributed by atoms with Crippen LogP contribution in [0.3, 0.4) is 0 Å². The number of carbonyl (C=O) groups is 1. The fourth-order valence-electron chi connectivity index (χ4n) is 3.08. The van der Waals surface area contributed by atoms with Gasteiger partial charge in [-0.3, -0.25) is 9.69 Å². The number of esters is 1. The van der Waals surface area contributed by atoms with Gasteiger partial charge < -0.3 is 9.64 Å². The largest absolute Gasteiger partial charge is 0.466 e. The van der Waals surface area contributed by atoms with Crippen molar-refractivity contribution in [2.45, 2.75) is 45.1 Å². The van der Waals surface area contributed by atoms with Crippen molar-refractivity contribution in [1.82, 2.24) is 9.80 Å². The molecule has 0 N–H and O–H groups in total. The molecule has 18 heavy (non-hydrogen) atoms. The number of piperidine rings is 1. The third-order valence-electron chi connectivity index (χ3n) is 4.09. The first-order valence-electron chi connectivity index (χ1n) is 7.41. The van der Waals surface area contributed by atoms with Crippen LogP contribution >= 0.6 is 0 Å². The van der Waals surface area contributed by atoms with Gasteiger partial charge in [0.05, 0.1) is 13.0 Å².